The standard InChI is InChI=1S/C13H16O3/c1-2-7-16-10-5-6-12(14)11(8-10)13(15)9-3-4-9/h5-6,8-9,14H,2-4,7H2,1H3. The van der Waals surface area contributed by atoms with Gasteiger partial charge >= 0.3 is 0 Å². The van der Waals surface area contributed by atoms with Gasteiger partial charge in [-0.15, -0.1) is 0 Å². The Bertz CT molecular complexity index is 394. The third kappa shape index (κ3) is 2.35. The Hall–Kier alpha value is -1.51. The van der Waals surface area contributed by atoms with Crippen molar-refractivity contribution in [1.82, 2.24) is 0 Å². The molecule has 1 N–H and O–H groups in total. The largest absolute Gasteiger partial charge is 0.507 e. The predicted octanol–water partition coefficient (Wildman–Crippen LogP) is 2.77. The highest BCUT2D eigenvalue weighted by Crippen LogP contribution is 2.36. The van der Waals surface area contributed by atoms with Gasteiger partial charge in [-0.1, -0.05) is 6.92 Å². The molecule has 1 aromatic carbocycles. The van der Waals surface area contributed by atoms with Gasteiger partial charge in [-0.25, -0.2) is 0 Å². The first-order valence-electron chi connectivity index (χ1n) is 5.72. The number of hydrogen-bond acceptors (Lipinski definition) is 3. The van der Waals surface area contributed by atoms with Crippen LogP contribution in [-0.4, -0.2) is 17.5 Å². The molecule has 1 fully saturated rings. The van der Waals surface area contributed by atoms with Gasteiger partial charge in [0.25, 0.3) is 0 Å². The maximum atomic E-state index is 11.8. The van der Waals surface area contributed by atoms with E-state index in [1.807, 2.05) is 6.92 Å². The Morgan fingerprint density at radius 3 is 2.88 bits per heavy atom. The van der Waals surface area contributed by atoms with E-state index in [1.165, 1.54) is 6.07 Å². The first-order chi connectivity index (χ1) is 7.72. The second kappa shape index (κ2) is 4.56. The van der Waals surface area contributed by atoms with Crippen molar-refractivity contribution in [1.29, 1.82) is 0 Å². The van der Waals surface area contributed by atoms with E-state index >= 15 is 0 Å². The summed E-state index contributed by atoms with van der Waals surface area (Å²) in [7, 11) is 0. The van der Waals surface area contributed by atoms with Crippen molar-refractivity contribution in [2.24, 2.45) is 5.92 Å². The molecule has 0 saturated heterocycles. The molecule has 0 unspecified atom stereocenters. The van der Waals surface area contributed by atoms with Gasteiger partial charge in [-0.2, -0.15) is 0 Å². The summed E-state index contributed by atoms with van der Waals surface area (Å²) in [5.41, 5.74) is 0.399. The highest BCUT2D eigenvalue weighted by molar-refractivity contribution is 6.01. The Balaban J connectivity index is 2.18. The van der Waals surface area contributed by atoms with Gasteiger partial charge in [0.05, 0.1) is 12.2 Å². The summed E-state index contributed by atoms with van der Waals surface area (Å²) in [6.07, 6.45) is 2.81. The topological polar surface area (TPSA) is 46.5 Å². The summed E-state index contributed by atoms with van der Waals surface area (Å²) >= 11 is 0. The molecule has 1 aliphatic carbocycles. The van der Waals surface area contributed by atoms with Crippen molar-refractivity contribution in [3.8, 4) is 11.5 Å². The molecule has 16 heavy (non-hydrogen) atoms. The predicted molar refractivity (Wildman–Crippen MR) is 60.9 cm³/mol. The smallest absolute Gasteiger partial charge is 0.169 e. The molecule has 0 heterocycles. The van der Waals surface area contributed by atoms with Gasteiger partial charge in [0.2, 0.25) is 0 Å². The highest BCUT2D eigenvalue weighted by atomic mass is 16.5. The second-order valence-electron chi connectivity index (χ2n) is 4.17. The molecule has 0 aliphatic heterocycles. The molecule has 0 bridgehead atoms. The van der Waals surface area contributed by atoms with E-state index in [1.54, 1.807) is 12.1 Å². The van der Waals surface area contributed by atoms with Crippen LogP contribution in [0.5, 0.6) is 11.5 Å². The zero-order valence-electron chi connectivity index (χ0n) is 9.40. The lowest BCUT2D eigenvalue weighted by Gasteiger charge is -2.08. The normalized spacial score (nSPS) is 14.8. The van der Waals surface area contributed by atoms with Gasteiger partial charge < -0.3 is 9.84 Å². The number of phenols is 1. The number of phenolic OH excluding ortho intramolecular Hbond substituents is 1. The van der Waals surface area contributed by atoms with E-state index in [0.29, 0.717) is 17.9 Å². The van der Waals surface area contributed by atoms with Crippen LogP contribution >= 0.6 is 0 Å². The zero-order valence-corrected chi connectivity index (χ0v) is 9.40. The van der Waals surface area contributed by atoms with Crippen molar-refractivity contribution >= 4 is 5.78 Å². The van der Waals surface area contributed by atoms with Crippen LogP contribution in [0.1, 0.15) is 36.5 Å². The summed E-state index contributed by atoms with van der Waals surface area (Å²) in [5, 5.41) is 9.63. The summed E-state index contributed by atoms with van der Waals surface area (Å²) in [6.45, 7) is 2.65. The molecule has 0 aromatic heterocycles. The summed E-state index contributed by atoms with van der Waals surface area (Å²) in [5.74, 6) is 0.871. The van der Waals surface area contributed by atoms with Gasteiger partial charge in [0.1, 0.15) is 11.5 Å². The van der Waals surface area contributed by atoms with Crippen LogP contribution < -0.4 is 4.74 Å². The average molecular weight is 220 g/mol. The minimum Gasteiger partial charge on any atom is -0.507 e. The lowest BCUT2D eigenvalue weighted by Crippen LogP contribution is -2.03. The van der Waals surface area contributed by atoms with E-state index in [9.17, 15) is 9.90 Å². The fourth-order valence-electron chi connectivity index (χ4n) is 1.59. The second-order valence-corrected chi connectivity index (χ2v) is 4.17. The minimum atomic E-state index is 0.0412. The lowest BCUT2D eigenvalue weighted by atomic mass is 10.1. The van der Waals surface area contributed by atoms with Crippen molar-refractivity contribution in [3.63, 3.8) is 0 Å². The van der Waals surface area contributed by atoms with Crippen LogP contribution in [0, 0.1) is 5.92 Å². The Kier molecular flexibility index (Phi) is 3.13. The maximum Gasteiger partial charge on any atom is 0.169 e. The van der Waals surface area contributed by atoms with Crippen LogP contribution in [0.15, 0.2) is 18.2 Å². The number of aromatic hydroxyl groups is 1. The van der Waals surface area contributed by atoms with Crippen LogP contribution in [0.2, 0.25) is 0 Å². The number of ketones is 1. The van der Waals surface area contributed by atoms with Crippen molar-refractivity contribution in [3.05, 3.63) is 23.8 Å². The first kappa shape index (κ1) is 11.0. The monoisotopic (exact) mass is 220 g/mol. The number of ether oxygens (including phenoxy) is 1. The minimum absolute atomic E-state index is 0.0412. The van der Waals surface area contributed by atoms with Crippen LogP contribution in [0.4, 0.5) is 0 Å². The van der Waals surface area contributed by atoms with E-state index in [4.69, 9.17) is 4.74 Å². The highest BCUT2D eigenvalue weighted by Gasteiger charge is 2.32. The van der Waals surface area contributed by atoms with Crippen molar-refractivity contribution < 1.29 is 14.6 Å². The van der Waals surface area contributed by atoms with Crippen LogP contribution in [0.25, 0.3) is 0 Å². The summed E-state index contributed by atoms with van der Waals surface area (Å²) in [6, 6.07) is 4.86. The molecule has 3 nitrogen and oxygen atoms in total. The molecule has 0 amide bonds. The Morgan fingerprint density at radius 1 is 1.50 bits per heavy atom. The fraction of sp³-hybridized carbons (Fsp3) is 0.462. The fourth-order valence-corrected chi connectivity index (χ4v) is 1.59. The van der Waals surface area contributed by atoms with E-state index < -0.39 is 0 Å². The number of Topliss-reactive ketones (excluding diaryl/α,β-unsaturated/α-hetero) is 1. The van der Waals surface area contributed by atoms with E-state index in [2.05, 4.69) is 0 Å². The molecule has 0 spiro atoms. The van der Waals surface area contributed by atoms with Gasteiger partial charge in [0, 0.05) is 5.92 Å². The van der Waals surface area contributed by atoms with Gasteiger partial charge in [-0.3, -0.25) is 4.79 Å². The number of carbonyl (C=O) groups excluding carboxylic acids is 1. The molecule has 0 atom stereocenters. The van der Waals surface area contributed by atoms with Crippen LogP contribution in [0.3, 0.4) is 0 Å². The SMILES string of the molecule is CCCOc1ccc(O)c(C(=O)C2CC2)c1. The molecule has 1 saturated carbocycles. The number of benzene rings is 1. The number of hydrogen-bond donors (Lipinski definition) is 1. The third-order valence-electron chi connectivity index (χ3n) is 2.65. The molecule has 1 aliphatic rings. The summed E-state index contributed by atoms with van der Waals surface area (Å²) < 4.78 is 5.44. The first-order valence-corrected chi connectivity index (χ1v) is 5.72. The molecule has 2 rings (SSSR count). The lowest BCUT2D eigenvalue weighted by molar-refractivity contribution is 0.0964. The van der Waals surface area contributed by atoms with Crippen molar-refractivity contribution in [2.45, 2.75) is 26.2 Å². The Labute approximate surface area is 95.0 Å². The molecule has 86 valence electrons. The number of rotatable bonds is 5. The molecule has 1 aromatic rings. The molecule has 3 heteroatoms. The third-order valence-corrected chi connectivity index (χ3v) is 2.65. The van der Waals surface area contributed by atoms with Gasteiger partial charge in [-0.05, 0) is 37.5 Å². The summed E-state index contributed by atoms with van der Waals surface area (Å²) in [4.78, 5) is 11.8. The Morgan fingerprint density at radius 2 is 2.25 bits per heavy atom. The van der Waals surface area contributed by atoms with E-state index in [-0.39, 0.29) is 17.5 Å². The molecule has 0 radical (unpaired) electrons. The zero-order chi connectivity index (χ0) is 11.5. The van der Waals surface area contributed by atoms with E-state index in [0.717, 1.165) is 19.3 Å². The maximum absolute atomic E-state index is 11.8. The van der Waals surface area contributed by atoms with Crippen LogP contribution in [-0.2, 0) is 0 Å². The quantitative estimate of drug-likeness (QED) is 0.776. The number of carbonyl (C=O) groups is 1. The average Bonchev–Trinajstić information content (AvgIpc) is 3.11. The molecular weight excluding hydrogens is 204 g/mol. The van der Waals surface area contributed by atoms with Gasteiger partial charge in [0.15, 0.2) is 5.78 Å². The van der Waals surface area contributed by atoms with Crippen molar-refractivity contribution in [2.75, 3.05) is 6.61 Å². The molecular formula is C13H16O3.